The highest BCUT2D eigenvalue weighted by atomic mass is 32.2. The van der Waals surface area contributed by atoms with Crippen LogP contribution in [0.1, 0.15) is 11.1 Å². The largest absolute Gasteiger partial charge is 0.481 e. The van der Waals surface area contributed by atoms with Crippen LogP contribution in [0.25, 0.3) is 11.3 Å². The molecule has 1 saturated heterocycles. The fourth-order valence-electron chi connectivity index (χ4n) is 3.35. The van der Waals surface area contributed by atoms with E-state index in [0.29, 0.717) is 35.1 Å². The van der Waals surface area contributed by atoms with Crippen molar-refractivity contribution in [3.63, 3.8) is 0 Å². The van der Waals surface area contributed by atoms with Gasteiger partial charge in [0.15, 0.2) is 0 Å². The van der Waals surface area contributed by atoms with Crippen LogP contribution in [0.5, 0.6) is 0 Å². The zero-order valence-corrected chi connectivity index (χ0v) is 17.7. The van der Waals surface area contributed by atoms with Gasteiger partial charge < -0.3 is 14.7 Å². The minimum absolute atomic E-state index is 0.136. The molecule has 32 heavy (non-hydrogen) atoms. The quantitative estimate of drug-likeness (QED) is 0.495. The number of alkyl halides is 3. The number of benzene rings is 1. The van der Waals surface area contributed by atoms with Gasteiger partial charge in [0.25, 0.3) is 0 Å². The molecule has 1 aliphatic heterocycles. The van der Waals surface area contributed by atoms with Crippen molar-refractivity contribution in [2.45, 2.75) is 18.1 Å². The molecule has 10 heteroatoms. The molecule has 1 fully saturated rings. The van der Waals surface area contributed by atoms with Gasteiger partial charge in [-0.25, -0.2) is 9.97 Å². The Balaban J connectivity index is 1.53. The Morgan fingerprint density at radius 3 is 2.53 bits per heavy atom. The van der Waals surface area contributed by atoms with Gasteiger partial charge in [-0.2, -0.15) is 13.2 Å². The summed E-state index contributed by atoms with van der Waals surface area (Å²) in [6.45, 7) is 2.53. The van der Waals surface area contributed by atoms with Crippen LogP contribution in [0.15, 0.2) is 59.6 Å². The second-order valence-electron chi connectivity index (χ2n) is 7.38. The maximum atomic E-state index is 13.6. The Morgan fingerprint density at radius 1 is 1.09 bits per heavy atom. The van der Waals surface area contributed by atoms with E-state index >= 15 is 0 Å². The summed E-state index contributed by atoms with van der Waals surface area (Å²) in [6.07, 6.45) is -4.53. The van der Waals surface area contributed by atoms with Crippen molar-refractivity contribution < 1.29 is 23.1 Å². The number of carbonyl (C=O) groups is 1. The average Bonchev–Trinajstić information content (AvgIpc) is 2.71. The normalized spacial score (nSPS) is 14.2. The third-order valence-electron chi connectivity index (χ3n) is 5.12. The number of carboxylic acid groups (broad SMARTS) is 1. The van der Waals surface area contributed by atoms with Crippen molar-refractivity contribution in [2.24, 2.45) is 5.92 Å². The number of rotatable bonds is 6. The topological polar surface area (TPSA) is 78.4 Å². The maximum absolute atomic E-state index is 13.6. The summed E-state index contributed by atoms with van der Waals surface area (Å²) in [7, 11) is 0. The summed E-state index contributed by atoms with van der Waals surface area (Å²) in [5.74, 6) is -0.313. The summed E-state index contributed by atoms with van der Waals surface area (Å²) in [5.41, 5.74) is 0.176. The molecule has 166 valence electrons. The minimum atomic E-state index is -4.53. The Morgan fingerprint density at radius 2 is 1.84 bits per heavy atom. The molecular weight excluding hydrogens is 441 g/mol. The number of anilines is 2. The standard InChI is InChI=1S/C22H19F3N4O2S/c1-13-5-2-3-6-15(13)20-16(22(23,24)25)9-10-17(26-20)28-32-19-8-4-7-18(27-19)29-11-14(12-29)21(30)31/h2-10,14H,11-12H2,1H3,(H,26,28)(H,30,31). The highest BCUT2D eigenvalue weighted by Crippen LogP contribution is 2.38. The van der Waals surface area contributed by atoms with Crippen molar-refractivity contribution in [3.8, 4) is 11.3 Å². The third-order valence-corrected chi connectivity index (χ3v) is 5.87. The van der Waals surface area contributed by atoms with Crippen LogP contribution in [0.3, 0.4) is 0 Å². The zero-order chi connectivity index (χ0) is 22.9. The molecule has 0 atom stereocenters. The average molecular weight is 460 g/mol. The molecular formula is C22H19F3N4O2S. The number of nitrogens with zero attached hydrogens (tertiary/aromatic N) is 3. The number of halogens is 3. The monoisotopic (exact) mass is 460 g/mol. The van der Waals surface area contributed by atoms with E-state index in [9.17, 15) is 18.0 Å². The summed E-state index contributed by atoms with van der Waals surface area (Å²) < 4.78 is 43.7. The lowest BCUT2D eigenvalue weighted by atomic mass is 10.0. The van der Waals surface area contributed by atoms with Crippen LogP contribution in [-0.4, -0.2) is 34.1 Å². The number of hydrogen-bond acceptors (Lipinski definition) is 6. The first-order valence-electron chi connectivity index (χ1n) is 9.74. The fraction of sp³-hybridized carbons (Fsp3) is 0.227. The molecule has 1 aliphatic rings. The fourth-order valence-corrected chi connectivity index (χ4v) is 3.96. The van der Waals surface area contributed by atoms with Gasteiger partial charge in [0, 0.05) is 30.6 Å². The first-order valence-corrected chi connectivity index (χ1v) is 10.6. The van der Waals surface area contributed by atoms with Gasteiger partial charge in [-0.15, -0.1) is 0 Å². The van der Waals surface area contributed by atoms with E-state index in [-0.39, 0.29) is 11.5 Å². The molecule has 0 unspecified atom stereocenters. The van der Waals surface area contributed by atoms with Gasteiger partial charge in [-0.05, 0) is 36.8 Å². The van der Waals surface area contributed by atoms with Crippen LogP contribution in [0.4, 0.5) is 24.8 Å². The van der Waals surface area contributed by atoms with E-state index in [1.54, 1.807) is 49.4 Å². The second kappa shape index (κ2) is 8.70. The summed E-state index contributed by atoms with van der Waals surface area (Å²) >= 11 is 1.12. The smallest absolute Gasteiger partial charge is 0.418 e. The minimum Gasteiger partial charge on any atom is -0.481 e. The van der Waals surface area contributed by atoms with Gasteiger partial charge >= 0.3 is 12.1 Å². The molecule has 6 nitrogen and oxygen atoms in total. The number of pyridine rings is 2. The third kappa shape index (κ3) is 4.64. The highest BCUT2D eigenvalue weighted by molar-refractivity contribution is 8.00. The molecule has 3 aromatic rings. The van der Waals surface area contributed by atoms with Gasteiger partial charge in [0.1, 0.15) is 16.7 Å². The van der Waals surface area contributed by atoms with Crippen LogP contribution < -0.4 is 9.62 Å². The van der Waals surface area contributed by atoms with Crippen LogP contribution in [-0.2, 0) is 11.0 Å². The molecule has 0 spiro atoms. The molecule has 0 aliphatic carbocycles. The Kier molecular flexibility index (Phi) is 5.96. The van der Waals surface area contributed by atoms with Crippen molar-refractivity contribution in [1.82, 2.24) is 9.97 Å². The molecule has 0 radical (unpaired) electrons. The van der Waals surface area contributed by atoms with E-state index in [2.05, 4.69) is 14.7 Å². The molecule has 2 aromatic heterocycles. The SMILES string of the molecule is Cc1ccccc1-c1nc(NSc2cccc(N3CC(C(=O)O)C3)n2)ccc1C(F)(F)F. The first-order chi connectivity index (χ1) is 15.2. The van der Waals surface area contributed by atoms with Gasteiger partial charge in [0.05, 0.1) is 17.2 Å². The van der Waals surface area contributed by atoms with Gasteiger partial charge in [-0.1, -0.05) is 30.3 Å². The summed E-state index contributed by atoms with van der Waals surface area (Å²) in [6, 6.07) is 14.4. The van der Waals surface area contributed by atoms with Gasteiger partial charge in [0.2, 0.25) is 0 Å². The Labute approximate surface area is 186 Å². The predicted octanol–water partition coefficient (Wildman–Crippen LogP) is 5.11. The van der Waals surface area contributed by atoms with Crippen molar-refractivity contribution in [2.75, 3.05) is 22.7 Å². The van der Waals surface area contributed by atoms with Crippen LogP contribution >= 0.6 is 11.9 Å². The second-order valence-corrected chi connectivity index (χ2v) is 8.21. The molecule has 2 N–H and O–H groups in total. The first kappa shape index (κ1) is 21.9. The van der Waals surface area contributed by atoms with E-state index < -0.39 is 23.6 Å². The van der Waals surface area contributed by atoms with Crippen molar-refractivity contribution >= 4 is 29.6 Å². The summed E-state index contributed by atoms with van der Waals surface area (Å²) in [5, 5.41) is 9.60. The lowest BCUT2D eigenvalue weighted by Crippen LogP contribution is -2.50. The zero-order valence-electron chi connectivity index (χ0n) is 16.9. The van der Waals surface area contributed by atoms with Crippen molar-refractivity contribution in [1.29, 1.82) is 0 Å². The van der Waals surface area contributed by atoms with Gasteiger partial charge in [-0.3, -0.25) is 4.79 Å². The van der Waals surface area contributed by atoms with E-state index in [1.165, 1.54) is 6.07 Å². The lowest BCUT2D eigenvalue weighted by molar-refractivity contribution is -0.142. The Hall–Kier alpha value is -3.27. The number of carboxylic acids is 1. The maximum Gasteiger partial charge on any atom is 0.418 e. The Bertz CT molecular complexity index is 1150. The van der Waals surface area contributed by atoms with Crippen LogP contribution in [0.2, 0.25) is 0 Å². The number of aryl methyl sites for hydroxylation is 1. The number of nitrogens with one attached hydrogen (secondary N) is 1. The number of hydrogen-bond donors (Lipinski definition) is 2. The van der Waals surface area contributed by atoms with Crippen LogP contribution in [0, 0.1) is 12.8 Å². The molecule has 1 aromatic carbocycles. The molecule has 4 rings (SSSR count). The van der Waals surface area contributed by atoms with E-state index in [4.69, 9.17) is 5.11 Å². The molecule has 0 saturated carbocycles. The number of aromatic nitrogens is 2. The number of aliphatic carboxylic acids is 1. The molecule has 3 heterocycles. The lowest BCUT2D eigenvalue weighted by Gasteiger charge is -2.37. The predicted molar refractivity (Wildman–Crippen MR) is 116 cm³/mol. The van der Waals surface area contributed by atoms with E-state index in [1.807, 2.05) is 4.90 Å². The molecule has 0 amide bonds. The van der Waals surface area contributed by atoms with Crippen molar-refractivity contribution in [3.05, 3.63) is 65.7 Å². The molecule has 0 bridgehead atoms. The highest BCUT2D eigenvalue weighted by Gasteiger charge is 2.35. The van der Waals surface area contributed by atoms with E-state index in [0.717, 1.165) is 18.0 Å². The summed E-state index contributed by atoms with van der Waals surface area (Å²) in [4.78, 5) is 21.6.